The van der Waals surface area contributed by atoms with Crippen molar-refractivity contribution in [2.45, 2.75) is 33.2 Å². The molecule has 21 heavy (non-hydrogen) atoms. The van der Waals surface area contributed by atoms with E-state index in [1.165, 1.54) is 0 Å². The quantitative estimate of drug-likeness (QED) is 0.921. The number of likely N-dealkylation sites (N-methyl/N-ethyl adjacent to an activating group) is 1. The Kier molecular flexibility index (Phi) is 4.83. The van der Waals surface area contributed by atoms with Crippen LogP contribution in [0.3, 0.4) is 0 Å². The zero-order valence-corrected chi connectivity index (χ0v) is 13.5. The summed E-state index contributed by atoms with van der Waals surface area (Å²) in [7, 11) is 0. The summed E-state index contributed by atoms with van der Waals surface area (Å²) in [4.78, 5) is 21.2. The van der Waals surface area contributed by atoms with Crippen molar-refractivity contribution < 1.29 is 4.79 Å². The molecule has 0 saturated carbocycles. The van der Waals surface area contributed by atoms with E-state index in [1.807, 2.05) is 32.9 Å². The predicted molar refractivity (Wildman–Crippen MR) is 85.8 cm³/mol. The zero-order valence-electron chi connectivity index (χ0n) is 13.5. The van der Waals surface area contributed by atoms with Crippen LogP contribution in [0.4, 0.5) is 5.69 Å². The monoisotopic (exact) mass is 290 g/mol. The summed E-state index contributed by atoms with van der Waals surface area (Å²) < 4.78 is 0. The fourth-order valence-electron chi connectivity index (χ4n) is 2.47. The Morgan fingerprint density at radius 1 is 1.29 bits per heavy atom. The molecular weight excluding hydrogens is 264 g/mol. The van der Waals surface area contributed by atoms with Crippen LogP contribution in [0.2, 0.25) is 0 Å². The molecule has 0 unspecified atom stereocenters. The standard InChI is InChI=1S/C16H26N4O/c1-5-19-8-10-20(11-9-19)13-6-7-17-14(12-13)15(21)18-16(2,3)4/h6-7,12H,5,8-11H2,1-4H3,(H,18,21). The zero-order chi connectivity index (χ0) is 15.5. The van der Waals surface area contributed by atoms with Gasteiger partial charge in [-0.1, -0.05) is 6.92 Å². The lowest BCUT2D eigenvalue weighted by Gasteiger charge is -2.35. The minimum atomic E-state index is -0.248. The number of carbonyl (C=O) groups excluding carboxylic acids is 1. The van der Waals surface area contributed by atoms with Gasteiger partial charge in [0.15, 0.2) is 0 Å². The van der Waals surface area contributed by atoms with Crippen LogP contribution in [0.15, 0.2) is 18.3 Å². The Balaban J connectivity index is 2.06. The van der Waals surface area contributed by atoms with Crippen molar-refractivity contribution in [1.29, 1.82) is 0 Å². The smallest absolute Gasteiger partial charge is 0.270 e. The fourth-order valence-corrected chi connectivity index (χ4v) is 2.47. The molecule has 2 rings (SSSR count). The van der Waals surface area contributed by atoms with Gasteiger partial charge in [-0.3, -0.25) is 9.78 Å². The number of hydrogen-bond donors (Lipinski definition) is 1. The highest BCUT2D eigenvalue weighted by Gasteiger charge is 2.19. The SMILES string of the molecule is CCN1CCN(c2ccnc(C(=O)NC(C)(C)C)c2)CC1. The van der Waals surface area contributed by atoms with Gasteiger partial charge >= 0.3 is 0 Å². The first-order valence-electron chi connectivity index (χ1n) is 7.65. The maximum absolute atomic E-state index is 12.2. The van der Waals surface area contributed by atoms with Crippen LogP contribution in [0.5, 0.6) is 0 Å². The van der Waals surface area contributed by atoms with E-state index in [0.29, 0.717) is 5.69 Å². The lowest BCUT2D eigenvalue weighted by Crippen LogP contribution is -2.46. The third kappa shape index (κ3) is 4.43. The first kappa shape index (κ1) is 15.8. The molecule has 1 aromatic rings. The van der Waals surface area contributed by atoms with Crippen LogP contribution in [-0.2, 0) is 0 Å². The number of piperazine rings is 1. The normalized spacial score (nSPS) is 16.9. The molecule has 0 spiro atoms. The summed E-state index contributed by atoms with van der Waals surface area (Å²) in [6.45, 7) is 13.3. The van der Waals surface area contributed by atoms with Gasteiger partial charge in [-0.2, -0.15) is 0 Å². The van der Waals surface area contributed by atoms with E-state index >= 15 is 0 Å². The van der Waals surface area contributed by atoms with Gasteiger partial charge in [-0.25, -0.2) is 0 Å². The van der Waals surface area contributed by atoms with Crippen molar-refractivity contribution in [3.8, 4) is 0 Å². The molecule has 1 aliphatic rings. The summed E-state index contributed by atoms with van der Waals surface area (Å²) in [5, 5.41) is 2.95. The van der Waals surface area contributed by atoms with E-state index in [9.17, 15) is 4.79 Å². The van der Waals surface area contributed by atoms with Crippen molar-refractivity contribution >= 4 is 11.6 Å². The van der Waals surface area contributed by atoms with Gasteiger partial charge in [0.05, 0.1) is 0 Å². The second-order valence-electron chi connectivity index (χ2n) is 6.52. The molecule has 1 saturated heterocycles. The molecule has 5 nitrogen and oxygen atoms in total. The predicted octanol–water partition coefficient (Wildman–Crippen LogP) is 1.75. The van der Waals surface area contributed by atoms with Gasteiger partial charge in [0.2, 0.25) is 0 Å². The summed E-state index contributed by atoms with van der Waals surface area (Å²) in [5.41, 5.74) is 1.32. The van der Waals surface area contributed by atoms with Gasteiger partial charge in [0.25, 0.3) is 5.91 Å². The number of carbonyl (C=O) groups is 1. The summed E-state index contributed by atoms with van der Waals surface area (Å²) in [6.07, 6.45) is 1.72. The number of amides is 1. The molecule has 0 aromatic carbocycles. The first-order valence-corrected chi connectivity index (χ1v) is 7.65. The molecule has 1 N–H and O–H groups in total. The van der Waals surface area contributed by atoms with E-state index in [0.717, 1.165) is 38.4 Å². The lowest BCUT2D eigenvalue weighted by atomic mass is 10.1. The maximum atomic E-state index is 12.2. The number of pyridine rings is 1. The minimum Gasteiger partial charge on any atom is -0.369 e. The number of aromatic nitrogens is 1. The summed E-state index contributed by atoms with van der Waals surface area (Å²) in [5.74, 6) is -0.114. The van der Waals surface area contributed by atoms with Crippen LogP contribution < -0.4 is 10.2 Å². The van der Waals surface area contributed by atoms with Crippen LogP contribution in [0.25, 0.3) is 0 Å². The molecule has 0 radical (unpaired) electrons. The third-order valence-electron chi connectivity index (χ3n) is 3.65. The minimum absolute atomic E-state index is 0.114. The van der Waals surface area contributed by atoms with E-state index in [2.05, 4.69) is 27.0 Å². The number of nitrogens with zero attached hydrogens (tertiary/aromatic N) is 3. The molecule has 0 bridgehead atoms. The highest BCUT2D eigenvalue weighted by molar-refractivity contribution is 5.93. The van der Waals surface area contributed by atoms with Gasteiger partial charge in [0, 0.05) is 43.6 Å². The number of anilines is 1. The van der Waals surface area contributed by atoms with E-state index in [-0.39, 0.29) is 11.4 Å². The number of rotatable bonds is 3. The van der Waals surface area contributed by atoms with E-state index < -0.39 is 0 Å². The molecule has 2 heterocycles. The highest BCUT2D eigenvalue weighted by Crippen LogP contribution is 2.17. The van der Waals surface area contributed by atoms with Crippen LogP contribution in [-0.4, -0.2) is 54.1 Å². The van der Waals surface area contributed by atoms with Gasteiger partial charge in [-0.05, 0) is 39.4 Å². The van der Waals surface area contributed by atoms with Crippen molar-refractivity contribution in [1.82, 2.24) is 15.2 Å². The molecular formula is C16H26N4O. The lowest BCUT2D eigenvalue weighted by molar-refractivity contribution is 0.0914. The topological polar surface area (TPSA) is 48.5 Å². The van der Waals surface area contributed by atoms with Gasteiger partial charge in [0.1, 0.15) is 5.69 Å². The molecule has 1 aliphatic heterocycles. The Morgan fingerprint density at radius 3 is 2.52 bits per heavy atom. The van der Waals surface area contributed by atoms with Crippen molar-refractivity contribution in [2.24, 2.45) is 0 Å². The second-order valence-corrected chi connectivity index (χ2v) is 6.52. The highest BCUT2D eigenvalue weighted by atomic mass is 16.2. The summed E-state index contributed by atoms with van der Waals surface area (Å²) in [6, 6.07) is 3.87. The molecule has 0 aliphatic carbocycles. The Labute approximate surface area is 127 Å². The van der Waals surface area contributed by atoms with E-state index in [1.54, 1.807) is 6.20 Å². The van der Waals surface area contributed by atoms with Crippen molar-refractivity contribution in [3.63, 3.8) is 0 Å². The fraction of sp³-hybridized carbons (Fsp3) is 0.625. The van der Waals surface area contributed by atoms with Gasteiger partial charge in [-0.15, -0.1) is 0 Å². The number of nitrogens with one attached hydrogen (secondary N) is 1. The molecule has 1 amide bonds. The molecule has 5 heteroatoms. The van der Waals surface area contributed by atoms with Crippen molar-refractivity contribution in [2.75, 3.05) is 37.6 Å². The number of hydrogen-bond acceptors (Lipinski definition) is 4. The largest absolute Gasteiger partial charge is 0.369 e. The van der Waals surface area contributed by atoms with Gasteiger partial charge < -0.3 is 15.1 Å². The maximum Gasteiger partial charge on any atom is 0.270 e. The average Bonchev–Trinajstić information content (AvgIpc) is 2.46. The van der Waals surface area contributed by atoms with Crippen LogP contribution in [0.1, 0.15) is 38.2 Å². The molecule has 116 valence electrons. The average molecular weight is 290 g/mol. The van der Waals surface area contributed by atoms with Crippen molar-refractivity contribution in [3.05, 3.63) is 24.0 Å². The molecule has 1 aromatic heterocycles. The molecule has 1 fully saturated rings. The summed E-state index contributed by atoms with van der Waals surface area (Å²) >= 11 is 0. The third-order valence-corrected chi connectivity index (χ3v) is 3.65. The Bertz CT molecular complexity index is 487. The Morgan fingerprint density at radius 2 is 1.95 bits per heavy atom. The first-order chi connectivity index (χ1) is 9.89. The van der Waals surface area contributed by atoms with E-state index in [4.69, 9.17) is 0 Å². The van der Waals surface area contributed by atoms with Crippen LogP contribution in [0, 0.1) is 0 Å². The Hall–Kier alpha value is -1.62. The second kappa shape index (κ2) is 6.43. The van der Waals surface area contributed by atoms with Crippen LogP contribution >= 0.6 is 0 Å². The molecule has 0 atom stereocenters.